The standard InChI is InChI=1S/C46H28N2OS/c1-2-12-30(13-3-1)48-39-17-8-6-15-34(39)35-25-22-32(28-41(35)48)47(40-18-10-20-43-45(40)37-16-7-9-19-42(37)49-43)31-23-26-44-38(27-31)36-24-21-29-11-4-5-14-33(29)46(36)50-44/h1-28H. The minimum Gasteiger partial charge on any atom is -0.456 e. The summed E-state index contributed by atoms with van der Waals surface area (Å²) in [6.07, 6.45) is 0. The highest BCUT2D eigenvalue weighted by molar-refractivity contribution is 7.26. The number of aromatic nitrogens is 1. The van der Waals surface area contributed by atoms with Gasteiger partial charge >= 0.3 is 0 Å². The van der Waals surface area contributed by atoms with Crippen molar-refractivity contribution in [1.29, 1.82) is 0 Å². The number of anilines is 3. The number of furan rings is 1. The summed E-state index contributed by atoms with van der Waals surface area (Å²) < 4.78 is 11.4. The van der Waals surface area contributed by atoms with E-state index >= 15 is 0 Å². The highest BCUT2D eigenvalue weighted by atomic mass is 32.1. The number of hydrogen-bond donors (Lipinski definition) is 0. The number of nitrogens with zero attached hydrogens (tertiary/aromatic N) is 2. The van der Waals surface area contributed by atoms with Gasteiger partial charge in [0.1, 0.15) is 11.2 Å². The van der Waals surface area contributed by atoms with E-state index in [4.69, 9.17) is 4.42 Å². The van der Waals surface area contributed by atoms with E-state index in [1.54, 1.807) is 0 Å². The van der Waals surface area contributed by atoms with Gasteiger partial charge in [-0.3, -0.25) is 0 Å². The third kappa shape index (κ3) is 3.97. The van der Waals surface area contributed by atoms with Crippen molar-refractivity contribution in [3.63, 3.8) is 0 Å². The Balaban J connectivity index is 1.22. The summed E-state index contributed by atoms with van der Waals surface area (Å²) >= 11 is 1.88. The zero-order valence-electron chi connectivity index (χ0n) is 26.9. The number of thiophene rings is 1. The van der Waals surface area contributed by atoms with Crippen LogP contribution < -0.4 is 4.90 Å². The number of hydrogen-bond acceptors (Lipinski definition) is 3. The highest BCUT2D eigenvalue weighted by Gasteiger charge is 2.22. The molecule has 0 fully saturated rings. The van der Waals surface area contributed by atoms with Crippen LogP contribution in [0.1, 0.15) is 0 Å². The van der Waals surface area contributed by atoms with E-state index in [1.807, 2.05) is 17.4 Å². The average molecular weight is 657 g/mol. The first-order chi connectivity index (χ1) is 24.8. The molecule has 4 heteroatoms. The number of rotatable bonds is 4. The molecule has 0 saturated heterocycles. The SMILES string of the molecule is c1ccc(-n2c3ccccc3c3ccc(N(c4ccc5sc6c7ccccc7ccc6c5c4)c4cccc5oc6ccccc6c45)cc32)cc1. The van der Waals surface area contributed by atoms with Crippen molar-refractivity contribution in [3.8, 4) is 5.69 Å². The second-order valence-corrected chi connectivity index (χ2v) is 14.0. The normalized spacial score (nSPS) is 12.0. The Hall–Kier alpha value is -6.36. The lowest BCUT2D eigenvalue weighted by molar-refractivity contribution is 0.669. The monoisotopic (exact) mass is 656 g/mol. The molecule has 11 rings (SSSR count). The smallest absolute Gasteiger partial charge is 0.137 e. The summed E-state index contributed by atoms with van der Waals surface area (Å²) in [6, 6.07) is 61.3. The first-order valence-electron chi connectivity index (χ1n) is 16.9. The van der Waals surface area contributed by atoms with Crippen LogP contribution in [-0.2, 0) is 0 Å². The third-order valence-electron chi connectivity index (χ3n) is 10.2. The fourth-order valence-electron chi connectivity index (χ4n) is 7.95. The van der Waals surface area contributed by atoms with E-state index in [0.29, 0.717) is 0 Å². The fraction of sp³-hybridized carbons (Fsp3) is 0. The molecule has 3 heterocycles. The Morgan fingerprint density at radius 1 is 0.460 bits per heavy atom. The Morgan fingerprint density at radius 3 is 2.08 bits per heavy atom. The van der Waals surface area contributed by atoms with Crippen molar-refractivity contribution in [2.24, 2.45) is 0 Å². The summed E-state index contributed by atoms with van der Waals surface area (Å²) in [7, 11) is 0. The molecule has 0 aliphatic rings. The lowest BCUT2D eigenvalue weighted by atomic mass is 10.0. The van der Waals surface area contributed by atoms with Crippen molar-refractivity contribution in [2.45, 2.75) is 0 Å². The molecule has 3 aromatic heterocycles. The Bertz CT molecular complexity index is 3110. The largest absolute Gasteiger partial charge is 0.456 e. The highest BCUT2D eigenvalue weighted by Crippen LogP contribution is 2.47. The van der Waals surface area contributed by atoms with Crippen molar-refractivity contribution in [2.75, 3.05) is 4.90 Å². The predicted molar refractivity (Wildman–Crippen MR) is 213 cm³/mol. The zero-order valence-corrected chi connectivity index (χ0v) is 27.7. The van der Waals surface area contributed by atoms with Crippen LogP contribution in [0.2, 0.25) is 0 Å². The summed E-state index contributed by atoms with van der Waals surface area (Å²) in [5, 5.41) is 9.81. The van der Waals surface area contributed by atoms with E-state index in [-0.39, 0.29) is 0 Å². The molecule has 3 nitrogen and oxygen atoms in total. The van der Waals surface area contributed by atoms with Crippen molar-refractivity contribution >= 4 is 103 Å². The van der Waals surface area contributed by atoms with Crippen molar-refractivity contribution < 1.29 is 4.42 Å². The summed E-state index contributed by atoms with van der Waals surface area (Å²) in [4.78, 5) is 2.42. The quantitative estimate of drug-likeness (QED) is 0.188. The first kappa shape index (κ1) is 27.6. The summed E-state index contributed by atoms with van der Waals surface area (Å²) in [5.74, 6) is 0. The van der Waals surface area contributed by atoms with Crippen LogP contribution >= 0.6 is 11.3 Å². The maximum absolute atomic E-state index is 6.43. The second-order valence-electron chi connectivity index (χ2n) is 12.9. The molecule has 0 bridgehead atoms. The van der Waals surface area contributed by atoms with Gasteiger partial charge in [0.25, 0.3) is 0 Å². The van der Waals surface area contributed by atoms with Gasteiger partial charge in [0.05, 0.1) is 22.1 Å². The Kier molecular flexibility index (Phi) is 5.83. The minimum absolute atomic E-state index is 0.877. The summed E-state index contributed by atoms with van der Waals surface area (Å²) in [5.41, 5.74) is 8.53. The molecule has 0 saturated carbocycles. The van der Waals surface area contributed by atoms with E-state index < -0.39 is 0 Å². The maximum atomic E-state index is 6.43. The fourth-order valence-corrected chi connectivity index (χ4v) is 9.17. The molecule has 8 aromatic carbocycles. The van der Waals surface area contributed by atoms with Crippen LogP contribution in [0.5, 0.6) is 0 Å². The molecule has 234 valence electrons. The van der Waals surface area contributed by atoms with Crippen LogP contribution in [0, 0.1) is 0 Å². The van der Waals surface area contributed by atoms with Crippen LogP contribution in [0.4, 0.5) is 17.1 Å². The lowest BCUT2D eigenvalue weighted by Gasteiger charge is -2.26. The molecule has 0 N–H and O–H groups in total. The van der Waals surface area contributed by atoms with E-state index in [1.165, 1.54) is 47.2 Å². The van der Waals surface area contributed by atoms with E-state index in [2.05, 4.69) is 173 Å². The van der Waals surface area contributed by atoms with Crippen LogP contribution in [0.25, 0.3) is 80.4 Å². The van der Waals surface area contributed by atoms with Crippen LogP contribution in [-0.4, -0.2) is 4.57 Å². The van der Waals surface area contributed by atoms with Gasteiger partial charge in [-0.1, -0.05) is 103 Å². The molecule has 0 radical (unpaired) electrons. The molecule has 0 aliphatic heterocycles. The molecule has 11 aromatic rings. The van der Waals surface area contributed by atoms with Gasteiger partial charge in [-0.05, 0) is 77.5 Å². The van der Waals surface area contributed by atoms with Gasteiger partial charge < -0.3 is 13.9 Å². The number of para-hydroxylation sites is 3. The number of fused-ring (bicyclic) bond motifs is 11. The average Bonchev–Trinajstić information content (AvgIpc) is 3.85. The van der Waals surface area contributed by atoms with Crippen LogP contribution in [0.15, 0.2) is 174 Å². The third-order valence-corrected chi connectivity index (χ3v) is 11.4. The van der Waals surface area contributed by atoms with Gasteiger partial charge in [0, 0.05) is 53.4 Å². The molecule has 0 spiro atoms. The van der Waals surface area contributed by atoms with Gasteiger partial charge in [0.15, 0.2) is 0 Å². The Labute approximate surface area is 291 Å². The maximum Gasteiger partial charge on any atom is 0.137 e. The Morgan fingerprint density at radius 2 is 1.16 bits per heavy atom. The molecule has 0 amide bonds. The van der Waals surface area contributed by atoms with Gasteiger partial charge in [0.2, 0.25) is 0 Å². The number of benzene rings is 8. The molecular weight excluding hydrogens is 629 g/mol. The predicted octanol–water partition coefficient (Wildman–Crippen LogP) is 13.7. The molecule has 0 aliphatic carbocycles. The molecular formula is C46H28N2OS. The van der Waals surface area contributed by atoms with E-state index in [0.717, 1.165) is 50.2 Å². The van der Waals surface area contributed by atoms with Crippen LogP contribution in [0.3, 0.4) is 0 Å². The van der Waals surface area contributed by atoms with Gasteiger partial charge in [-0.15, -0.1) is 11.3 Å². The van der Waals surface area contributed by atoms with Crippen molar-refractivity contribution in [1.82, 2.24) is 4.57 Å². The first-order valence-corrected chi connectivity index (χ1v) is 17.7. The molecule has 0 unspecified atom stereocenters. The zero-order chi connectivity index (χ0) is 32.8. The van der Waals surface area contributed by atoms with Crippen molar-refractivity contribution in [3.05, 3.63) is 170 Å². The second kappa shape index (κ2) is 10.6. The lowest BCUT2D eigenvalue weighted by Crippen LogP contribution is -2.10. The topological polar surface area (TPSA) is 21.3 Å². The molecule has 0 atom stereocenters. The van der Waals surface area contributed by atoms with E-state index in [9.17, 15) is 0 Å². The summed E-state index contributed by atoms with van der Waals surface area (Å²) in [6.45, 7) is 0. The van der Waals surface area contributed by atoms with Gasteiger partial charge in [-0.25, -0.2) is 0 Å². The minimum atomic E-state index is 0.877. The molecule has 50 heavy (non-hydrogen) atoms. The van der Waals surface area contributed by atoms with Gasteiger partial charge in [-0.2, -0.15) is 0 Å².